The summed E-state index contributed by atoms with van der Waals surface area (Å²) in [5, 5.41) is 8.98. The number of ether oxygens (including phenoxy) is 1. The number of carbonyl (C=O) groups is 5. The number of imide groups is 1. The van der Waals surface area contributed by atoms with E-state index < -0.39 is 51.1 Å². The summed E-state index contributed by atoms with van der Waals surface area (Å²) in [6.07, 6.45) is 5.45. The highest BCUT2D eigenvalue weighted by Crippen LogP contribution is 2.33. The van der Waals surface area contributed by atoms with Crippen molar-refractivity contribution in [2.24, 2.45) is 0 Å². The van der Waals surface area contributed by atoms with Crippen molar-refractivity contribution in [3.8, 4) is 11.1 Å². The molecule has 2 atom stereocenters. The Kier molecular flexibility index (Phi) is 13.9. The molecule has 0 bridgehead atoms. The molecule has 3 amide bonds. The number of H-pyrrole nitrogens is 1. The normalized spacial score (nSPS) is 18.1. The van der Waals surface area contributed by atoms with Crippen molar-refractivity contribution in [1.82, 2.24) is 29.8 Å². The maximum absolute atomic E-state index is 15.7. The van der Waals surface area contributed by atoms with Crippen LogP contribution in [-0.4, -0.2) is 116 Å². The number of carbonyl (C=O) groups excluding carboxylic acids is 5. The molecule has 3 aliphatic rings. The van der Waals surface area contributed by atoms with Gasteiger partial charge < -0.3 is 25.3 Å². The molecule has 352 valence electrons. The molecule has 3 aliphatic heterocycles. The monoisotopic (exact) mass is 939 g/mol. The van der Waals surface area contributed by atoms with E-state index >= 15 is 8.78 Å². The van der Waals surface area contributed by atoms with Crippen LogP contribution in [0.5, 0.6) is 0 Å². The second-order valence-electron chi connectivity index (χ2n) is 16.9. The summed E-state index contributed by atoms with van der Waals surface area (Å²) < 4.78 is 64.2. The van der Waals surface area contributed by atoms with E-state index in [2.05, 4.69) is 35.5 Å². The number of hydrogen-bond donors (Lipinski definition) is 5. The third-order valence-electron chi connectivity index (χ3n) is 12.8. The minimum absolute atomic E-state index is 0.0460. The van der Waals surface area contributed by atoms with Gasteiger partial charge in [0.25, 0.3) is 12.4 Å². The molecule has 3 fully saturated rings. The van der Waals surface area contributed by atoms with Crippen molar-refractivity contribution in [3.05, 3.63) is 107 Å². The fraction of sp³-hybridized carbons (Fsp3) is 0.362. The molecular formula is C47H51F2N9O8S. The Morgan fingerprint density at radius 1 is 0.955 bits per heavy atom. The fourth-order valence-electron chi connectivity index (χ4n) is 8.85. The second-order valence-corrected chi connectivity index (χ2v) is 18.7. The van der Waals surface area contributed by atoms with Crippen LogP contribution in [0.4, 0.5) is 25.8 Å². The number of benzene rings is 3. The lowest BCUT2D eigenvalue weighted by Gasteiger charge is -2.37. The second kappa shape index (κ2) is 20.0. The molecule has 0 saturated carbocycles. The Morgan fingerprint density at radius 3 is 2.34 bits per heavy atom. The first-order valence-corrected chi connectivity index (χ1v) is 23.6. The molecule has 0 aliphatic carbocycles. The number of anilines is 3. The van der Waals surface area contributed by atoms with Crippen molar-refractivity contribution >= 4 is 68.3 Å². The number of aromatic nitrogens is 2. The Bertz CT molecular complexity index is 2780. The van der Waals surface area contributed by atoms with Crippen LogP contribution in [0.2, 0.25) is 0 Å². The molecule has 2 unspecified atom stereocenters. The lowest BCUT2D eigenvalue weighted by Crippen LogP contribution is -2.54. The maximum Gasteiger partial charge on any atom is 0.301 e. The zero-order valence-corrected chi connectivity index (χ0v) is 37.7. The number of pyridine rings is 1. The zero-order chi connectivity index (χ0) is 47.4. The average molecular weight is 940 g/mol. The van der Waals surface area contributed by atoms with Gasteiger partial charge in [0.05, 0.1) is 11.3 Å². The van der Waals surface area contributed by atoms with Crippen LogP contribution in [0, 0.1) is 11.6 Å². The van der Waals surface area contributed by atoms with Crippen LogP contribution < -0.4 is 25.6 Å². The average Bonchev–Trinajstić information content (AvgIpc) is 3.76. The molecular weight excluding hydrogens is 889 g/mol. The molecule has 0 spiro atoms. The number of nitrogens with zero attached hydrogens (tertiary/aromatic N) is 4. The van der Waals surface area contributed by atoms with Crippen LogP contribution in [0.3, 0.4) is 0 Å². The van der Waals surface area contributed by atoms with Gasteiger partial charge in [0, 0.05) is 92.5 Å². The number of piperidine rings is 3. The smallest absolute Gasteiger partial charge is 0.301 e. The SMILES string of the molecule is CCN(C)S(=O)(=O)Nc1ccc(F)c(C(=O)c2c[nH]c3ncc(-c4ccc(N5CCC(NC(=O)C(OC=O)N6CCC(c7ccc(NC8CCC(=O)NC8=O)cc7)CC6)CC5)cc4)cc23)c1F. The summed E-state index contributed by atoms with van der Waals surface area (Å²) in [6, 6.07) is 18.5. The van der Waals surface area contributed by atoms with Gasteiger partial charge in [0.2, 0.25) is 23.8 Å². The summed E-state index contributed by atoms with van der Waals surface area (Å²) in [5.74, 6) is -4.19. The molecule has 20 heteroatoms. The number of likely N-dealkylation sites (tertiary alicyclic amines) is 1. The molecule has 5 aromatic rings. The largest absolute Gasteiger partial charge is 0.439 e. The predicted molar refractivity (Wildman–Crippen MR) is 246 cm³/mol. The van der Waals surface area contributed by atoms with Crippen LogP contribution in [0.15, 0.2) is 79.1 Å². The highest BCUT2D eigenvalue weighted by Gasteiger charge is 2.34. The number of nitrogens with one attached hydrogen (secondary N) is 5. The van der Waals surface area contributed by atoms with Crippen molar-refractivity contribution in [3.63, 3.8) is 0 Å². The zero-order valence-electron chi connectivity index (χ0n) is 36.9. The van der Waals surface area contributed by atoms with Crippen molar-refractivity contribution in [2.45, 2.75) is 69.7 Å². The van der Waals surface area contributed by atoms with E-state index in [9.17, 15) is 32.4 Å². The molecule has 17 nitrogen and oxygen atoms in total. The first kappa shape index (κ1) is 46.7. The molecule has 5 N–H and O–H groups in total. The Labute approximate surface area is 385 Å². The number of fused-ring (bicyclic) bond motifs is 1. The van der Waals surface area contributed by atoms with E-state index in [1.54, 1.807) is 19.2 Å². The van der Waals surface area contributed by atoms with Gasteiger partial charge in [0.15, 0.2) is 5.82 Å². The van der Waals surface area contributed by atoms with Gasteiger partial charge in [-0.25, -0.2) is 13.8 Å². The molecule has 0 radical (unpaired) electrons. The maximum atomic E-state index is 15.7. The molecule has 67 heavy (non-hydrogen) atoms. The summed E-state index contributed by atoms with van der Waals surface area (Å²) in [5.41, 5.74) is 3.09. The van der Waals surface area contributed by atoms with Crippen molar-refractivity contribution in [2.75, 3.05) is 54.7 Å². The first-order valence-electron chi connectivity index (χ1n) is 22.2. The molecule has 5 heterocycles. The first-order chi connectivity index (χ1) is 32.2. The van der Waals surface area contributed by atoms with Gasteiger partial charge in [-0.15, -0.1) is 0 Å². The number of halogens is 2. The molecule has 8 rings (SSSR count). The standard InChI is InChI=1S/C47H51F2N9O8S/c1-3-56(2)67(64,65)55-38-13-12-37(48)41(42(38)49)43(61)36-26-51-44-35(36)24-31(25-50-44)29-6-10-34(11-7-29)57-22-18-33(19-23-57)53-46(63)47(66-27-59)58-20-16-30(17-21-58)28-4-8-32(9-5-28)52-39-14-15-40(60)54-45(39)62/h4-13,24-27,30,33,39,47,52,55H,3,14-23H2,1-2H3,(H,50,51)(H,53,63)(H,54,60,62). The van der Waals surface area contributed by atoms with E-state index in [4.69, 9.17) is 4.74 Å². The number of aromatic amines is 1. The highest BCUT2D eigenvalue weighted by molar-refractivity contribution is 7.90. The topological polar surface area (TPSA) is 215 Å². The van der Waals surface area contributed by atoms with E-state index in [-0.39, 0.29) is 41.8 Å². The number of ketones is 1. The highest BCUT2D eigenvalue weighted by atomic mass is 32.2. The summed E-state index contributed by atoms with van der Waals surface area (Å²) in [4.78, 5) is 73.8. The van der Waals surface area contributed by atoms with Crippen molar-refractivity contribution < 1.29 is 45.9 Å². The van der Waals surface area contributed by atoms with Crippen LogP contribution in [-0.2, 0) is 34.1 Å². The van der Waals surface area contributed by atoms with Gasteiger partial charge >= 0.3 is 10.2 Å². The van der Waals surface area contributed by atoms with E-state index in [0.717, 1.165) is 51.8 Å². The van der Waals surface area contributed by atoms with Gasteiger partial charge in [0.1, 0.15) is 17.5 Å². The Morgan fingerprint density at radius 2 is 1.67 bits per heavy atom. The lowest BCUT2D eigenvalue weighted by atomic mass is 9.89. The van der Waals surface area contributed by atoms with Gasteiger partial charge in [-0.3, -0.25) is 38.9 Å². The number of rotatable bonds is 16. The van der Waals surface area contributed by atoms with Gasteiger partial charge in [-0.1, -0.05) is 31.2 Å². The summed E-state index contributed by atoms with van der Waals surface area (Å²) >= 11 is 0. The molecule has 2 aromatic heterocycles. The fourth-order valence-corrected chi connectivity index (χ4v) is 9.78. The van der Waals surface area contributed by atoms with Crippen LogP contribution in [0.25, 0.3) is 22.2 Å². The van der Waals surface area contributed by atoms with Crippen LogP contribution >= 0.6 is 0 Å². The van der Waals surface area contributed by atoms with Crippen molar-refractivity contribution in [1.29, 1.82) is 0 Å². The number of hydrogen-bond acceptors (Lipinski definition) is 12. The van der Waals surface area contributed by atoms with E-state index in [1.807, 2.05) is 53.4 Å². The third kappa shape index (κ3) is 10.3. The summed E-state index contributed by atoms with van der Waals surface area (Å²) in [6.45, 7) is 4.42. The van der Waals surface area contributed by atoms with Gasteiger partial charge in [-0.2, -0.15) is 12.7 Å². The lowest BCUT2D eigenvalue weighted by molar-refractivity contribution is -0.159. The number of amides is 3. The predicted octanol–water partition coefficient (Wildman–Crippen LogP) is 5.03. The van der Waals surface area contributed by atoms with E-state index in [1.165, 1.54) is 13.2 Å². The molecule has 3 aromatic carbocycles. The van der Waals surface area contributed by atoms with Crippen LogP contribution in [0.1, 0.15) is 72.9 Å². The van der Waals surface area contributed by atoms with E-state index in [0.29, 0.717) is 74.9 Å². The minimum Gasteiger partial charge on any atom is -0.439 e. The minimum atomic E-state index is -4.16. The Hall–Kier alpha value is -6.77. The third-order valence-corrected chi connectivity index (χ3v) is 14.4. The van der Waals surface area contributed by atoms with Gasteiger partial charge in [-0.05, 0) is 91.6 Å². The molecule has 3 saturated heterocycles. The quantitative estimate of drug-likeness (QED) is 0.0501. The summed E-state index contributed by atoms with van der Waals surface area (Å²) in [7, 11) is -2.86. The Balaban J connectivity index is 0.844.